The molecule has 0 bridgehead atoms. The third kappa shape index (κ3) is 4.64. The van der Waals surface area contributed by atoms with E-state index >= 15 is 0 Å². The van der Waals surface area contributed by atoms with E-state index in [0.29, 0.717) is 6.04 Å². The number of likely N-dealkylation sites (tertiary alicyclic amines) is 1. The average molecular weight is 430 g/mol. The predicted octanol–water partition coefficient (Wildman–Crippen LogP) is 5.71. The summed E-state index contributed by atoms with van der Waals surface area (Å²) < 4.78 is 0. The minimum Gasteiger partial charge on any atom is -0.395 e. The first-order valence-electron chi connectivity index (χ1n) is 10.9. The number of aliphatic hydroxyl groups is 1. The highest BCUT2D eigenvalue weighted by atomic mass is 32.1. The molecule has 4 aromatic rings. The second-order valence-electron chi connectivity index (χ2n) is 8.19. The molecule has 31 heavy (non-hydrogen) atoms. The number of nitrogens with one attached hydrogen (secondary N) is 1. The maximum atomic E-state index is 9.48. The van der Waals surface area contributed by atoms with E-state index in [4.69, 9.17) is 4.98 Å². The Morgan fingerprint density at radius 1 is 1.03 bits per heavy atom. The van der Waals surface area contributed by atoms with E-state index in [1.165, 1.54) is 22.8 Å². The Labute approximate surface area is 187 Å². The fourth-order valence-corrected chi connectivity index (χ4v) is 5.10. The van der Waals surface area contributed by atoms with Gasteiger partial charge in [-0.05, 0) is 60.3 Å². The van der Waals surface area contributed by atoms with E-state index in [0.717, 1.165) is 48.0 Å². The lowest BCUT2D eigenvalue weighted by Gasteiger charge is -2.22. The molecule has 1 aliphatic rings. The highest BCUT2D eigenvalue weighted by molar-refractivity contribution is 7.14. The molecular weight excluding hydrogens is 402 g/mol. The van der Waals surface area contributed by atoms with E-state index in [2.05, 4.69) is 82.3 Å². The third-order valence-corrected chi connectivity index (χ3v) is 6.91. The molecule has 0 amide bonds. The van der Waals surface area contributed by atoms with Gasteiger partial charge in [-0.3, -0.25) is 4.90 Å². The quantitative estimate of drug-likeness (QED) is 0.395. The van der Waals surface area contributed by atoms with Gasteiger partial charge in [-0.25, -0.2) is 4.98 Å². The summed E-state index contributed by atoms with van der Waals surface area (Å²) in [6.07, 6.45) is 3.33. The second kappa shape index (κ2) is 9.18. The standard InChI is InChI=1S/C26H27N3OS/c30-17-24-6-3-14-29(24)15-13-19-7-11-23(12-8-19)27-26-28-25(18-31-26)22-10-9-20-4-1-2-5-21(20)16-22/h1-2,4-5,7-12,16,18,24,30H,3,6,13-15,17H2,(H,27,28)/t24-/m0/s1. The third-order valence-electron chi connectivity index (χ3n) is 6.15. The first-order valence-corrected chi connectivity index (χ1v) is 11.8. The first kappa shape index (κ1) is 20.2. The molecule has 2 N–H and O–H groups in total. The molecule has 5 rings (SSSR count). The number of thiazole rings is 1. The van der Waals surface area contributed by atoms with Crippen molar-refractivity contribution < 1.29 is 5.11 Å². The van der Waals surface area contributed by atoms with Crippen molar-refractivity contribution in [2.45, 2.75) is 25.3 Å². The normalized spacial score (nSPS) is 16.7. The molecule has 1 atom stereocenters. The molecule has 1 aromatic heterocycles. The van der Waals surface area contributed by atoms with Gasteiger partial charge >= 0.3 is 0 Å². The Hall–Kier alpha value is -2.73. The summed E-state index contributed by atoms with van der Waals surface area (Å²) in [5.41, 5.74) is 4.52. The Morgan fingerprint density at radius 2 is 1.87 bits per heavy atom. The molecule has 0 radical (unpaired) electrons. The lowest BCUT2D eigenvalue weighted by atomic mass is 10.1. The van der Waals surface area contributed by atoms with E-state index < -0.39 is 0 Å². The summed E-state index contributed by atoms with van der Waals surface area (Å²) in [5, 5.41) is 18.4. The van der Waals surface area contributed by atoms with Crippen molar-refractivity contribution in [3.8, 4) is 11.3 Å². The molecule has 0 aliphatic carbocycles. The SMILES string of the molecule is OC[C@@H]1CCCN1CCc1ccc(Nc2nc(-c3ccc4ccccc4c3)cs2)cc1. The summed E-state index contributed by atoms with van der Waals surface area (Å²) >= 11 is 1.63. The predicted molar refractivity (Wildman–Crippen MR) is 130 cm³/mol. The van der Waals surface area contributed by atoms with Crippen LogP contribution in [0, 0.1) is 0 Å². The molecule has 1 saturated heterocycles. The Morgan fingerprint density at radius 3 is 2.71 bits per heavy atom. The summed E-state index contributed by atoms with van der Waals surface area (Å²) in [5.74, 6) is 0. The van der Waals surface area contributed by atoms with Crippen molar-refractivity contribution in [1.82, 2.24) is 9.88 Å². The fraction of sp³-hybridized carbons (Fsp3) is 0.269. The van der Waals surface area contributed by atoms with Gasteiger partial charge in [-0.15, -0.1) is 11.3 Å². The molecular formula is C26H27N3OS. The molecule has 0 spiro atoms. The smallest absolute Gasteiger partial charge is 0.187 e. The van der Waals surface area contributed by atoms with E-state index in [-0.39, 0.29) is 6.61 Å². The molecule has 0 unspecified atom stereocenters. The van der Waals surface area contributed by atoms with Crippen LogP contribution < -0.4 is 5.32 Å². The van der Waals surface area contributed by atoms with Crippen molar-refractivity contribution in [3.05, 3.63) is 77.7 Å². The van der Waals surface area contributed by atoms with Crippen molar-refractivity contribution in [3.63, 3.8) is 0 Å². The van der Waals surface area contributed by atoms with Gasteiger partial charge in [0.15, 0.2) is 5.13 Å². The zero-order chi connectivity index (χ0) is 21.0. The number of anilines is 2. The average Bonchev–Trinajstić information content (AvgIpc) is 3.47. The minimum atomic E-state index is 0.276. The highest BCUT2D eigenvalue weighted by Gasteiger charge is 2.22. The van der Waals surface area contributed by atoms with E-state index in [1.807, 2.05) is 0 Å². The number of nitrogens with zero attached hydrogens (tertiary/aromatic N) is 2. The zero-order valence-corrected chi connectivity index (χ0v) is 18.3. The molecule has 5 heteroatoms. The number of hydrogen-bond acceptors (Lipinski definition) is 5. The van der Waals surface area contributed by atoms with Crippen LogP contribution in [0.3, 0.4) is 0 Å². The van der Waals surface area contributed by atoms with Gasteiger partial charge in [0.25, 0.3) is 0 Å². The van der Waals surface area contributed by atoms with Crippen LogP contribution in [0.25, 0.3) is 22.0 Å². The maximum Gasteiger partial charge on any atom is 0.187 e. The van der Waals surface area contributed by atoms with Crippen molar-refractivity contribution >= 4 is 32.9 Å². The molecule has 158 valence electrons. The Bertz CT molecular complexity index is 1150. The van der Waals surface area contributed by atoms with Crippen LogP contribution in [-0.4, -0.2) is 40.7 Å². The summed E-state index contributed by atoms with van der Waals surface area (Å²) in [7, 11) is 0. The Kier molecular flexibility index (Phi) is 5.98. The summed E-state index contributed by atoms with van der Waals surface area (Å²) in [6, 6.07) is 23.9. The molecule has 2 heterocycles. The largest absolute Gasteiger partial charge is 0.395 e. The molecule has 1 aliphatic heterocycles. The zero-order valence-electron chi connectivity index (χ0n) is 17.5. The molecule has 0 saturated carbocycles. The van der Waals surface area contributed by atoms with Gasteiger partial charge in [-0.1, -0.05) is 48.5 Å². The highest BCUT2D eigenvalue weighted by Crippen LogP contribution is 2.29. The van der Waals surface area contributed by atoms with Crippen molar-refractivity contribution in [2.24, 2.45) is 0 Å². The number of aliphatic hydroxyl groups excluding tert-OH is 1. The van der Waals surface area contributed by atoms with E-state index in [9.17, 15) is 5.11 Å². The lowest BCUT2D eigenvalue weighted by Crippen LogP contribution is -2.33. The number of aromatic nitrogens is 1. The van der Waals surface area contributed by atoms with Gasteiger partial charge < -0.3 is 10.4 Å². The lowest BCUT2D eigenvalue weighted by molar-refractivity contribution is 0.160. The van der Waals surface area contributed by atoms with Crippen LogP contribution in [-0.2, 0) is 6.42 Å². The topological polar surface area (TPSA) is 48.4 Å². The fourth-order valence-electron chi connectivity index (χ4n) is 4.36. The van der Waals surface area contributed by atoms with Crippen LogP contribution in [0.1, 0.15) is 18.4 Å². The van der Waals surface area contributed by atoms with Gasteiger partial charge in [0.1, 0.15) is 0 Å². The second-order valence-corrected chi connectivity index (χ2v) is 9.04. The molecule has 1 fully saturated rings. The summed E-state index contributed by atoms with van der Waals surface area (Å²) in [6.45, 7) is 2.39. The van der Waals surface area contributed by atoms with Crippen LogP contribution in [0.4, 0.5) is 10.8 Å². The van der Waals surface area contributed by atoms with Gasteiger partial charge in [0, 0.05) is 29.2 Å². The number of rotatable bonds is 7. The number of fused-ring (bicyclic) bond motifs is 1. The van der Waals surface area contributed by atoms with Crippen molar-refractivity contribution in [2.75, 3.05) is 25.0 Å². The number of benzene rings is 3. The van der Waals surface area contributed by atoms with Gasteiger partial charge in [0.2, 0.25) is 0 Å². The Balaban J connectivity index is 1.22. The number of hydrogen-bond donors (Lipinski definition) is 2. The minimum absolute atomic E-state index is 0.276. The maximum absolute atomic E-state index is 9.48. The van der Waals surface area contributed by atoms with Crippen LogP contribution in [0.15, 0.2) is 72.1 Å². The van der Waals surface area contributed by atoms with Gasteiger partial charge in [-0.2, -0.15) is 0 Å². The molecule has 4 nitrogen and oxygen atoms in total. The van der Waals surface area contributed by atoms with Crippen LogP contribution >= 0.6 is 11.3 Å². The van der Waals surface area contributed by atoms with E-state index in [1.54, 1.807) is 11.3 Å². The van der Waals surface area contributed by atoms with Crippen molar-refractivity contribution in [1.29, 1.82) is 0 Å². The van der Waals surface area contributed by atoms with Crippen LogP contribution in [0.2, 0.25) is 0 Å². The van der Waals surface area contributed by atoms with Crippen LogP contribution in [0.5, 0.6) is 0 Å². The first-order chi connectivity index (χ1) is 15.3. The molecule has 3 aromatic carbocycles. The summed E-state index contributed by atoms with van der Waals surface area (Å²) in [4.78, 5) is 7.20. The van der Waals surface area contributed by atoms with Gasteiger partial charge in [0.05, 0.1) is 12.3 Å². The monoisotopic (exact) mass is 429 g/mol.